The van der Waals surface area contributed by atoms with Crippen molar-refractivity contribution < 1.29 is 9.53 Å². The largest absolute Gasteiger partial charge is 0.482 e. The summed E-state index contributed by atoms with van der Waals surface area (Å²) in [5.74, 6) is 1.06. The van der Waals surface area contributed by atoms with E-state index >= 15 is 0 Å². The predicted molar refractivity (Wildman–Crippen MR) is 71.9 cm³/mol. The van der Waals surface area contributed by atoms with Crippen LogP contribution in [0.3, 0.4) is 0 Å². The third kappa shape index (κ3) is 2.92. The molecule has 0 bridgehead atoms. The summed E-state index contributed by atoms with van der Waals surface area (Å²) in [7, 11) is 0. The Morgan fingerprint density at radius 1 is 1.56 bits per heavy atom. The second kappa shape index (κ2) is 5.73. The molecule has 5 nitrogen and oxygen atoms in total. The Balaban J connectivity index is 2.02. The van der Waals surface area contributed by atoms with Crippen molar-refractivity contribution in [3.8, 4) is 5.75 Å². The second-order valence-electron chi connectivity index (χ2n) is 4.44. The van der Waals surface area contributed by atoms with Gasteiger partial charge in [0.05, 0.1) is 5.69 Å². The van der Waals surface area contributed by atoms with Crippen molar-refractivity contribution in [3.05, 3.63) is 18.2 Å². The maximum absolute atomic E-state index is 11.2. The van der Waals surface area contributed by atoms with Gasteiger partial charge in [-0.25, -0.2) is 0 Å². The third-order valence-corrected chi connectivity index (χ3v) is 3.12. The first-order valence-electron chi connectivity index (χ1n) is 6.23. The van der Waals surface area contributed by atoms with Crippen LogP contribution in [0, 0.1) is 5.92 Å². The molecule has 0 aromatic heterocycles. The van der Waals surface area contributed by atoms with E-state index in [0.29, 0.717) is 18.2 Å². The van der Waals surface area contributed by atoms with Crippen molar-refractivity contribution >= 4 is 17.3 Å². The van der Waals surface area contributed by atoms with Crippen molar-refractivity contribution in [3.63, 3.8) is 0 Å². The van der Waals surface area contributed by atoms with Crippen LogP contribution in [-0.4, -0.2) is 25.6 Å². The molecule has 1 unspecified atom stereocenters. The molecule has 4 N–H and O–H groups in total. The van der Waals surface area contributed by atoms with Crippen molar-refractivity contribution in [2.24, 2.45) is 11.7 Å². The number of hydrogen-bond acceptors (Lipinski definition) is 4. The summed E-state index contributed by atoms with van der Waals surface area (Å²) in [6, 6.07) is 5.69. The Bertz CT molecular complexity index is 430. The van der Waals surface area contributed by atoms with Gasteiger partial charge in [0.1, 0.15) is 5.75 Å². The summed E-state index contributed by atoms with van der Waals surface area (Å²) >= 11 is 0. The number of ether oxygens (including phenoxy) is 1. The molecule has 0 aliphatic carbocycles. The molecule has 18 heavy (non-hydrogen) atoms. The van der Waals surface area contributed by atoms with E-state index in [-0.39, 0.29) is 12.5 Å². The number of benzene rings is 1. The SMILES string of the molecule is CCC(CN)CNc1ccc2c(c1)NC(=O)CO2. The maximum atomic E-state index is 11.2. The highest BCUT2D eigenvalue weighted by molar-refractivity contribution is 5.95. The molecule has 0 spiro atoms. The summed E-state index contributed by atoms with van der Waals surface area (Å²) in [6.07, 6.45) is 1.05. The molecule has 1 amide bonds. The molecule has 1 aromatic rings. The lowest BCUT2D eigenvalue weighted by Crippen LogP contribution is -2.25. The van der Waals surface area contributed by atoms with Gasteiger partial charge in [-0.05, 0) is 30.7 Å². The fourth-order valence-corrected chi connectivity index (χ4v) is 1.85. The minimum atomic E-state index is -0.118. The predicted octanol–water partition coefficient (Wildman–Crippen LogP) is 1.41. The summed E-state index contributed by atoms with van der Waals surface area (Å²) in [5.41, 5.74) is 7.34. The Morgan fingerprint density at radius 3 is 3.11 bits per heavy atom. The van der Waals surface area contributed by atoms with Crippen LogP contribution in [0.15, 0.2) is 18.2 Å². The molecule has 2 rings (SSSR count). The minimum Gasteiger partial charge on any atom is -0.482 e. The van der Waals surface area contributed by atoms with E-state index in [1.54, 1.807) is 0 Å². The van der Waals surface area contributed by atoms with E-state index in [2.05, 4.69) is 17.6 Å². The summed E-state index contributed by atoms with van der Waals surface area (Å²) in [5, 5.41) is 6.11. The molecule has 0 saturated heterocycles. The van der Waals surface area contributed by atoms with Crippen LogP contribution in [0.5, 0.6) is 5.75 Å². The van der Waals surface area contributed by atoms with Crippen LogP contribution >= 0.6 is 0 Å². The van der Waals surface area contributed by atoms with Crippen molar-refractivity contribution in [2.45, 2.75) is 13.3 Å². The van der Waals surface area contributed by atoms with Gasteiger partial charge in [-0.1, -0.05) is 13.3 Å². The van der Waals surface area contributed by atoms with Gasteiger partial charge in [-0.15, -0.1) is 0 Å². The summed E-state index contributed by atoms with van der Waals surface area (Å²) in [6.45, 7) is 3.72. The second-order valence-corrected chi connectivity index (χ2v) is 4.44. The van der Waals surface area contributed by atoms with Gasteiger partial charge in [-0.3, -0.25) is 4.79 Å². The molecule has 1 atom stereocenters. The number of amides is 1. The molecule has 1 aliphatic rings. The zero-order valence-corrected chi connectivity index (χ0v) is 10.5. The van der Waals surface area contributed by atoms with Gasteiger partial charge in [0.15, 0.2) is 6.61 Å². The van der Waals surface area contributed by atoms with E-state index < -0.39 is 0 Å². The quantitative estimate of drug-likeness (QED) is 0.737. The number of anilines is 2. The average Bonchev–Trinajstić information content (AvgIpc) is 2.39. The fourth-order valence-electron chi connectivity index (χ4n) is 1.85. The first-order chi connectivity index (χ1) is 8.72. The number of rotatable bonds is 5. The first-order valence-corrected chi connectivity index (χ1v) is 6.23. The Kier molecular flexibility index (Phi) is 4.04. The van der Waals surface area contributed by atoms with Gasteiger partial charge < -0.3 is 21.1 Å². The van der Waals surface area contributed by atoms with Crippen molar-refractivity contribution in [1.82, 2.24) is 0 Å². The number of nitrogens with one attached hydrogen (secondary N) is 2. The molecule has 1 aromatic carbocycles. The Labute approximate surface area is 107 Å². The van der Waals surface area contributed by atoms with Crippen LogP contribution in [0.1, 0.15) is 13.3 Å². The van der Waals surface area contributed by atoms with Crippen molar-refractivity contribution in [1.29, 1.82) is 0 Å². The van der Waals surface area contributed by atoms with Gasteiger partial charge in [0.25, 0.3) is 5.91 Å². The van der Waals surface area contributed by atoms with Crippen LogP contribution < -0.4 is 21.1 Å². The Hall–Kier alpha value is -1.75. The van der Waals surface area contributed by atoms with E-state index in [0.717, 1.165) is 24.3 Å². The van der Waals surface area contributed by atoms with E-state index in [1.165, 1.54) is 0 Å². The summed E-state index contributed by atoms with van der Waals surface area (Å²) in [4.78, 5) is 11.2. The lowest BCUT2D eigenvalue weighted by atomic mass is 10.1. The molecular formula is C13H19N3O2. The normalized spacial score (nSPS) is 15.3. The molecule has 1 heterocycles. The smallest absolute Gasteiger partial charge is 0.262 e. The van der Waals surface area contributed by atoms with E-state index in [9.17, 15) is 4.79 Å². The van der Waals surface area contributed by atoms with Crippen LogP contribution in [0.4, 0.5) is 11.4 Å². The minimum absolute atomic E-state index is 0.0882. The molecule has 0 fully saturated rings. The zero-order valence-electron chi connectivity index (χ0n) is 10.5. The fraction of sp³-hybridized carbons (Fsp3) is 0.462. The van der Waals surface area contributed by atoms with Gasteiger partial charge in [-0.2, -0.15) is 0 Å². The highest BCUT2D eigenvalue weighted by Gasteiger charge is 2.15. The molecule has 98 valence electrons. The van der Waals surface area contributed by atoms with Gasteiger partial charge in [0.2, 0.25) is 0 Å². The lowest BCUT2D eigenvalue weighted by Gasteiger charge is -2.20. The van der Waals surface area contributed by atoms with Gasteiger partial charge in [0, 0.05) is 12.2 Å². The van der Waals surface area contributed by atoms with Crippen molar-refractivity contribution in [2.75, 3.05) is 30.3 Å². The monoisotopic (exact) mass is 249 g/mol. The molecule has 1 aliphatic heterocycles. The number of carbonyl (C=O) groups is 1. The number of nitrogens with two attached hydrogens (primary N) is 1. The number of carbonyl (C=O) groups excluding carboxylic acids is 1. The topological polar surface area (TPSA) is 76.4 Å². The van der Waals surface area contributed by atoms with Crippen LogP contribution in [-0.2, 0) is 4.79 Å². The average molecular weight is 249 g/mol. The van der Waals surface area contributed by atoms with E-state index in [1.807, 2.05) is 18.2 Å². The van der Waals surface area contributed by atoms with Crippen LogP contribution in [0.25, 0.3) is 0 Å². The Morgan fingerprint density at radius 2 is 2.39 bits per heavy atom. The van der Waals surface area contributed by atoms with Gasteiger partial charge >= 0.3 is 0 Å². The first kappa shape index (κ1) is 12.7. The molecular weight excluding hydrogens is 230 g/mol. The standard InChI is InChI=1S/C13H19N3O2/c1-2-9(6-14)7-15-10-3-4-12-11(5-10)16-13(17)8-18-12/h3-5,9,15H,2,6-8,14H2,1H3,(H,16,17). The molecule has 0 radical (unpaired) electrons. The zero-order chi connectivity index (χ0) is 13.0. The highest BCUT2D eigenvalue weighted by Crippen LogP contribution is 2.30. The summed E-state index contributed by atoms with van der Waals surface area (Å²) < 4.78 is 5.30. The number of hydrogen-bond donors (Lipinski definition) is 3. The molecule has 5 heteroatoms. The molecule has 0 saturated carbocycles. The van der Waals surface area contributed by atoms with Crippen LogP contribution in [0.2, 0.25) is 0 Å². The highest BCUT2D eigenvalue weighted by atomic mass is 16.5. The maximum Gasteiger partial charge on any atom is 0.262 e. The lowest BCUT2D eigenvalue weighted by molar-refractivity contribution is -0.118. The van der Waals surface area contributed by atoms with E-state index in [4.69, 9.17) is 10.5 Å². The third-order valence-electron chi connectivity index (χ3n) is 3.12. The number of fused-ring (bicyclic) bond motifs is 1.